The van der Waals surface area contributed by atoms with Crippen molar-refractivity contribution in [2.75, 3.05) is 19.6 Å². The molecule has 2 heterocycles. The van der Waals surface area contributed by atoms with Crippen molar-refractivity contribution < 1.29 is 0 Å². The Morgan fingerprint density at radius 1 is 1.15 bits per heavy atom. The van der Waals surface area contributed by atoms with Crippen LogP contribution in [0, 0.1) is 11.8 Å². The molecule has 0 aliphatic carbocycles. The molecule has 2 fully saturated rings. The van der Waals surface area contributed by atoms with Crippen LogP contribution in [0.2, 0.25) is 0 Å². The molecule has 3 rings (SSSR count). The molecule has 2 heteroatoms. The lowest BCUT2D eigenvalue weighted by Crippen LogP contribution is -2.32. The summed E-state index contributed by atoms with van der Waals surface area (Å²) < 4.78 is 0. The Kier molecular flexibility index (Phi) is 3.64. The van der Waals surface area contributed by atoms with Crippen LogP contribution in [0.3, 0.4) is 0 Å². The van der Waals surface area contributed by atoms with Gasteiger partial charge in [-0.1, -0.05) is 45.0 Å². The number of rotatable bonds is 2. The smallest absolute Gasteiger partial charge is 0.0236 e. The Morgan fingerprint density at radius 2 is 1.85 bits per heavy atom. The van der Waals surface area contributed by atoms with Crippen LogP contribution < -0.4 is 5.32 Å². The highest BCUT2D eigenvalue weighted by molar-refractivity contribution is 5.27. The van der Waals surface area contributed by atoms with Crippen LogP contribution in [0.5, 0.6) is 0 Å². The molecule has 0 bridgehead atoms. The fourth-order valence-electron chi connectivity index (χ4n) is 3.81. The number of hydrogen-bond acceptors (Lipinski definition) is 2. The van der Waals surface area contributed by atoms with E-state index in [0.717, 1.165) is 24.4 Å². The minimum atomic E-state index is 0.252. The van der Waals surface area contributed by atoms with Gasteiger partial charge in [-0.3, -0.25) is 4.90 Å². The molecule has 110 valence electrons. The molecule has 3 unspecified atom stereocenters. The summed E-state index contributed by atoms with van der Waals surface area (Å²) in [6.45, 7) is 14.0. The first-order valence-corrected chi connectivity index (χ1v) is 7.99. The van der Waals surface area contributed by atoms with Gasteiger partial charge in [0.05, 0.1) is 0 Å². The summed E-state index contributed by atoms with van der Waals surface area (Å²) in [6.07, 6.45) is 0. The number of nitrogens with zero attached hydrogens (tertiary/aromatic N) is 1. The van der Waals surface area contributed by atoms with E-state index in [2.05, 4.69) is 62.2 Å². The zero-order valence-corrected chi connectivity index (χ0v) is 13.3. The van der Waals surface area contributed by atoms with Crippen LogP contribution in [0.25, 0.3) is 0 Å². The van der Waals surface area contributed by atoms with Gasteiger partial charge >= 0.3 is 0 Å². The van der Waals surface area contributed by atoms with E-state index in [1.807, 2.05) is 0 Å². The summed E-state index contributed by atoms with van der Waals surface area (Å²) in [5.74, 6) is 1.74. The maximum atomic E-state index is 3.54. The standard InChI is InChI=1S/C18H28N2/c1-13-17-10-19-9-15(17)12-20(13)11-14-5-7-16(8-6-14)18(2,3)4/h5-8,13,15,17,19H,9-12H2,1-4H3. The van der Waals surface area contributed by atoms with E-state index in [-0.39, 0.29) is 5.41 Å². The predicted molar refractivity (Wildman–Crippen MR) is 84.9 cm³/mol. The van der Waals surface area contributed by atoms with Crippen molar-refractivity contribution in [3.05, 3.63) is 35.4 Å². The van der Waals surface area contributed by atoms with Gasteiger partial charge in [-0.15, -0.1) is 0 Å². The van der Waals surface area contributed by atoms with Gasteiger partial charge in [-0.25, -0.2) is 0 Å². The fourth-order valence-corrected chi connectivity index (χ4v) is 3.81. The first-order chi connectivity index (χ1) is 9.45. The van der Waals surface area contributed by atoms with E-state index in [4.69, 9.17) is 0 Å². The zero-order chi connectivity index (χ0) is 14.3. The lowest BCUT2D eigenvalue weighted by molar-refractivity contribution is 0.231. The van der Waals surface area contributed by atoms with Gasteiger partial charge in [0.2, 0.25) is 0 Å². The minimum absolute atomic E-state index is 0.252. The van der Waals surface area contributed by atoms with Gasteiger partial charge in [0.1, 0.15) is 0 Å². The highest BCUT2D eigenvalue weighted by Crippen LogP contribution is 2.33. The first kappa shape index (κ1) is 14.1. The van der Waals surface area contributed by atoms with Crippen LogP contribution in [-0.2, 0) is 12.0 Å². The van der Waals surface area contributed by atoms with Crippen molar-refractivity contribution in [1.29, 1.82) is 0 Å². The Morgan fingerprint density at radius 3 is 2.45 bits per heavy atom. The van der Waals surface area contributed by atoms with Gasteiger partial charge < -0.3 is 5.32 Å². The Balaban J connectivity index is 1.67. The molecule has 3 atom stereocenters. The third kappa shape index (κ3) is 2.64. The van der Waals surface area contributed by atoms with Gasteiger partial charge in [0.15, 0.2) is 0 Å². The number of benzene rings is 1. The number of hydrogen-bond donors (Lipinski definition) is 1. The zero-order valence-electron chi connectivity index (χ0n) is 13.3. The van der Waals surface area contributed by atoms with Crippen molar-refractivity contribution in [2.24, 2.45) is 11.8 Å². The molecule has 2 nitrogen and oxygen atoms in total. The molecule has 0 amide bonds. The van der Waals surface area contributed by atoms with Gasteiger partial charge in [0, 0.05) is 19.1 Å². The summed E-state index contributed by atoms with van der Waals surface area (Å²) in [5, 5.41) is 3.54. The van der Waals surface area contributed by atoms with Gasteiger partial charge in [-0.05, 0) is 48.4 Å². The maximum absolute atomic E-state index is 3.54. The van der Waals surface area contributed by atoms with Crippen LogP contribution in [0.1, 0.15) is 38.8 Å². The summed E-state index contributed by atoms with van der Waals surface area (Å²) in [4.78, 5) is 2.67. The third-order valence-electron chi connectivity index (χ3n) is 5.26. The average Bonchev–Trinajstić information content (AvgIpc) is 2.94. The predicted octanol–water partition coefficient (Wildman–Crippen LogP) is 3.02. The molecule has 0 aromatic heterocycles. The van der Waals surface area contributed by atoms with E-state index < -0.39 is 0 Å². The van der Waals surface area contributed by atoms with E-state index >= 15 is 0 Å². The highest BCUT2D eigenvalue weighted by Gasteiger charge is 2.41. The quantitative estimate of drug-likeness (QED) is 0.890. The van der Waals surface area contributed by atoms with Crippen LogP contribution in [-0.4, -0.2) is 30.6 Å². The minimum Gasteiger partial charge on any atom is -0.316 e. The summed E-state index contributed by atoms with van der Waals surface area (Å²) in [6, 6.07) is 9.97. The van der Waals surface area contributed by atoms with E-state index in [9.17, 15) is 0 Å². The number of likely N-dealkylation sites (tertiary alicyclic amines) is 1. The number of nitrogens with one attached hydrogen (secondary N) is 1. The summed E-state index contributed by atoms with van der Waals surface area (Å²) in [5.41, 5.74) is 3.14. The van der Waals surface area contributed by atoms with Crippen molar-refractivity contribution >= 4 is 0 Å². The van der Waals surface area contributed by atoms with E-state index in [1.165, 1.54) is 30.8 Å². The molecular formula is C18H28N2. The molecule has 0 spiro atoms. The van der Waals surface area contributed by atoms with Crippen LogP contribution >= 0.6 is 0 Å². The molecule has 1 aromatic rings. The SMILES string of the molecule is CC1C2CNCC2CN1Cc1ccc(C(C)(C)C)cc1. The monoisotopic (exact) mass is 272 g/mol. The van der Waals surface area contributed by atoms with Crippen molar-refractivity contribution in [1.82, 2.24) is 10.2 Å². The topological polar surface area (TPSA) is 15.3 Å². The second-order valence-electron chi connectivity index (χ2n) is 7.70. The lowest BCUT2D eigenvalue weighted by Gasteiger charge is -2.25. The molecular weight excluding hydrogens is 244 g/mol. The molecule has 1 N–H and O–H groups in total. The second-order valence-corrected chi connectivity index (χ2v) is 7.70. The Hall–Kier alpha value is -0.860. The van der Waals surface area contributed by atoms with Gasteiger partial charge in [-0.2, -0.15) is 0 Å². The van der Waals surface area contributed by atoms with E-state index in [1.54, 1.807) is 0 Å². The Labute approximate surface area is 123 Å². The number of fused-ring (bicyclic) bond motifs is 1. The summed E-state index contributed by atoms with van der Waals surface area (Å²) in [7, 11) is 0. The van der Waals surface area contributed by atoms with Crippen LogP contribution in [0.4, 0.5) is 0 Å². The molecule has 1 aromatic carbocycles. The van der Waals surface area contributed by atoms with Crippen LogP contribution in [0.15, 0.2) is 24.3 Å². The molecule has 2 saturated heterocycles. The van der Waals surface area contributed by atoms with Crippen molar-refractivity contribution in [3.63, 3.8) is 0 Å². The van der Waals surface area contributed by atoms with E-state index in [0.29, 0.717) is 0 Å². The molecule has 2 aliphatic rings. The highest BCUT2D eigenvalue weighted by atomic mass is 15.2. The maximum Gasteiger partial charge on any atom is 0.0236 e. The molecule has 20 heavy (non-hydrogen) atoms. The third-order valence-corrected chi connectivity index (χ3v) is 5.26. The van der Waals surface area contributed by atoms with Crippen molar-refractivity contribution in [3.8, 4) is 0 Å². The fraction of sp³-hybridized carbons (Fsp3) is 0.667. The molecule has 2 aliphatic heterocycles. The summed E-state index contributed by atoms with van der Waals surface area (Å²) >= 11 is 0. The average molecular weight is 272 g/mol. The molecule has 0 radical (unpaired) electrons. The lowest BCUT2D eigenvalue weighted by atomic mass is 9.87. The first-order valence-electron chi connectivity index (χ1n) is 7.99. The Bertz CT molecular complexity index is 457. The largest absolute Gasteiger partial charge is 0.316 e. The second kappa shape index (κ2) is 5.16. The van der Waals surface area contributed by atoms with Crippen molar-refractivity contribution in [2.45, 2.75) is 45.7 Å². The molecule has 0 saturated carbocycles. The van der Waals surface area contributed by atoms with Gasteiger partial charge in [0.25, 0.3) is 0 Å². The normalized spacial score (nSPS) is 30.7.